The quantitative estimate of drug-likeness (QED) is 0.455. The van der Waals surface area contributed by atoms with Crippen LogP contribution in [0.2, 0.25) is 0 Å². The van der Waals surface area contributed by atoms with Crippen LogP contribution in [0.15, 0.2) is 36.4 Å². The number of rotatable bonds is 13. The summed E-state index contributed by atoms with van der Waals surface area (Å²) in [5.74, 6) is 2.86. The van der Waals surface area contributed by atoms with Gasteiger partial charge in [-0.25, -0.2) is 0 Å². The van der Waals surface area contributed by atoms with E-state index in [1.54, 1.807) is 20.3 Å². The highest BCUT2D eigenvalue weighted by Gasteiger charge is 2.18. The molecule has 6 heteroatoms. The van der Waals surface area contributed by atoms with Crippen molar-refractivity contribution < 1.29 is 23.7 Å². The zero-order valence-electron chi connectivity index (χ0n) is 19.4. The second-order valence-electron chi connectivity index (χ2n) is 7.23. The van der Waals surface area contributed by atoms with Gasteiger partial charge in [-0.1, -0.05) is 26.0 Å². The molecule has 0 saturated carbocycles. The van der Waals surface area contributed by atoms with Crippen LogP contribution in [0.3, 0.4) is 0 Å². The standard InChI is InChI=1S/C25H35NO5/c1-6-13-26(25(27)16-20-10-11-21(28-4)17-23(20)29-5)18-19-9-12-22(31-14-7-2)24(15-19)30-8-3/h9-12,15,17H,6-8,13-14,16,18H2,1-5H3. The summed E-state index contributed by atoms with van der Waals surface area (Å²) in [6, 6.07) is 11.4. The molecule has 1 amide bonds. The lowest BCUT2D eigenvalue weighted by Crippen LogP contribution is -2.32. The lowest BCUT2D eigenvalue weighted by atomic mass is 10.1. The number of methoxy groups -OCH3 is 2. The first-order valence-electron chi connectivity index (χ1n) is 10.9. The van der Waals surface area contributed by atoms with Crippen molar-refractivity contribution in [3.63, 3.8) is 0 Å². The Labute approximate surface area is 186 Å². The van der Waals surface area contributed by atoms with Gasteiger partial charge in [0.2, 0.25) is 5.91 Å². The summed E-state index contributed by atoms with van der Waals surface area (Å²) in [5.41, 5.74) is 1.85. The van der Waals surface area contributed by atoms with Crippen molar-refractivity contribution >= 4 is 5.91 Å². The molecule has 0 fully saturated rings. The van der Waals surface area contributed by atoms with E-state index in [2.05, 4.69) is 13.8 Å². The minimum atomic E-state index is 0.0505. The fraction of sp³-hybridized carbons (Fsp3) is 0.480. The van der Waals surface area contributed by atoms with Crippen LogP contribution >= 0.6 is 0 Å². The van der Waals surface area contributed by atoms with Crippen molar-refractivity contribution in [2.45, 2.75) is 46.6 Å². The van der Waals surface area contributed by atoms with E-state index in [-0.39, 0.29) is 12.3 Å². The minimum Gasteiger partial charge on any atom is -0.497 e. The topological polar surface area (TPSA) is 57.2 Å². The van der Waals surface area contributed by atoms with Gasteiger partial charge in [0.15, 0.2) is 11.5 Å². The van der Waals surface area contributed by atoms with Crippen molar-refractivity contribution in [2.75, 3.05) is 34.0 Å². The highest BCUT2D eigenvalue weighted by atomic mass is 16.5. The van der Waals surface area contributed by atoms with Crippen LogP contribution in [-0.4, -0.2) is 44.8 Å². The number of hydrogen-bond acceptors (Lipinski definition) is 5. The fourth-order valence-corrected chi connectivity index (χ4v) is 3.31. The number of amides is 1. The Morgan fingerprint density at radius 3 is 2.32 bits per heavy atom. The van der Waals surface area contributed by atoms with Crippen LogP contribution in [0.4, 0.5) is 0 Å². The maximum atomic E-state index is 13.1. The van der Waals surface area contributed by atoms with Crippen LogP contribution < -0.4 is 18.9 Å². The van der Waals surface area contributed by atoms with Gasteiger partial charge in [-0.2, -0.15) is 0 Å². The highest BCUT2D eigenvalue weighted by molar-refractivity contribution is 5.79. The Balaban J connectivity index is 2.18. The molecule has 0 N–H and O–H groups in total. The average molecular weight is 430 g/mol. The molecule has 2 aromatic carbocycles. The fourth-order valence-electron chi connectivity index (χ4n) is 3.31. The molecule has 0 aliphatic carbocycles. The van der Waals surface area contributed by atoms with Gasteiger partial charge in [-0.15, -0.1) is 0 Å². The van der Waals surface area contributed by atoms with E-state index in [1.165, 1.54) is 0 Å². The van der Waals surface area contributed by atoms with Crippen LogP contribution in [0, 0.1) is 0 Å². The van der Waals surface area contributed by atoms with Crippen LogP contribution in [0.1, 0.15) is 44.7 Å². The van der Waals surface area contributed by atoms with Gasteiger partial charge in [0.25, 0.3) is 0 Å². The van der Waals surface area contributed by atoms with Gasteiger partial charge in [0.05, 0.1) is 33.9 Å². The van der Waals surface area contributed by atoms with E-state index < -0.39 is 0 Å². The molecule has 0 radical (unpaired) electrons. The molecule has 0 heterocycles. The number of nitrogens with zero attached hydrogens (tertiary/aromatic N) is 1. The van der Waals surface area contributed by atoms with Gasteiger partial charge in [-0.05, 0) is 43.5 Å². The molecule has 0 aliphatic heterocycles. The zero-order valence-corrected chi connectivity index (χ0v) is 19.4. The molecule has 0 saturated heterocycles. The van der Waals surface area contributed by atoms with E-state index in [9.17, 15) is 4.79 Å². The molecule has 0 unspecified atom stereocenters. The Morgan fingerprint density at radius 2 is 1.68 bits per heavy atom. The van der Waals surface area contributed by atoms with Gasteiger partial charge < -0.3 is 23.8 Å². The second kappa shape index (κ2) is 12.7. The van der Waals surface area contributed by atoms with Crippen LogP contribution in [0.5, 0.6) is 23.0 Å². The average Bonchev–Trinajstić information content (AvgIpc) is 2.78. The first-order chi connectivity index (χ1) is 15.1. The molecule has 0 aromatic heterocycles. The first-order valence-corrected chi connectivity index (χ1v) is 10.9. The Hall–Kier alpha value is -2.89. The second-order valence-corrected chi connectivity index (χ2v) is 7.23. The zero-order chi connectivity index (χ0) is 22.6. The number of benzene rings is 2. The molecule has 0 aliphatic rings. The third kappa shape index (κ3) is 7.09. The maximum absolute atomic E-state index is 13.1. The molecule has 31 heavy (non-hydrogen) atoms. The van der Waals surface area contributed by atoms with E-state index in [4.69, 9.17) is 18.9 Å². The largest absolute Gasteiger partial charge is 0.497 e. The molecule has 0 spiro atoms. The molecule has 170 valence electrons. The summed E-state index contributed by atoms with van der Waals surface area (Å²) >= 11 is 0. The highest BCUT2D eigenvalue weighted by Crippen LogP contribution is 2.30. The summed E-state index contributed by atoms with van der Waals surface area (Å²) in [5, 5.41) is 0. The first kappa shape index (κ1) is 24.4. The molecule has 6 nitrogen and oxygen atoms in total. The third-order valence-electron chi connectivity index (χ3n) is 4.83. The lowest BCUT2D eigenvalue weighted by Gasteiger charge is -2.23. The van der Waals surface area contributed by atoms with Gasteiger partial charge >= 0.3 is 0 Å². The molecule has 2 aromatic rings. The van der Waals surface area contributed by atoms with Crippen molar-refractivity contribution in [1.82, 2.24) is 4.90 Å². The Morgan fingerprint density at radius 1 is 0.871 bits per heavy atom. The van der Waals surface area contributed by atoms with Crippen molar-refractivity contribution in [2.24, 2.45) is 0 Å². The Bertz CT molecular complexity index is 837. The number of ether oxygens (including phenoxy) is 4. The summed E-state index contributed by atoms with van der Waals surface area (Å²) < 4.78 is 22.3. The monoisotopic (exact) mass is 429 g/mol. The molecular weight excluding hydrogens is 394 g/mol. The smallest absolute Gasteiger partial charge is 0.227 e. The van der Waals surface area contributed by atoms with Crippen molar-refractivity contribution in [1.29, 1.82) is 0 Å². The lowest BCUT2D eigenvalue weighted by molar-refractivity contribution is -0.131. The number of hydrogen-bond donors (Lipinski definition) is 0. The molecule has 2 rings (SSSR count). The Kier molecular flexibility index (Phi) is 10.0. The van der Waals surface area contributed by atoms with Gasteiger partial charge in [0.1, 0.15) is 11.5 Å². The molecule has 0 bridgehead atoms. The predicted molar refractivity (Wildman–Crippen MR) is 122 cm³/mol. The van der Waals surface area contributed by atoms with Gasteiger partial charge in [-0.3, -0.25) is 4.79 Å². The minimum absolute atomic E-state index is 0.0505. The van der Waals surface area contributed by atoms with E-state index in [1.807, 2.05) is 42.2 Å². The van der Waals surface area contributed by atoms with E-state index >= 15 is 0 Å². The normalized spacial score (nSPS) is 10.5. The molecular formula is C25H35NO5. The number of carbonyl (C=O) groups excluding carboxylic acids is 1. The predicted octanol–water partition coefficient (Wildman–Crippen LogP) is 4.87. The van der Waals surface area contributed by atoms with Crippen molar-refractivity contribution in [3.8, 4) is 23.0 Å². The summed E-state index contributed by atoms with van der Waals surface area (Å²) in [6.07, 6.45) is 2.07. The van der Waals surface area contributed by atoms with Crippen molar-refractivity contribution in [3.05, 3.63) is 47.5 Å². The third-order valence-corrected chi connectivity index (χ3v) is 4.83. The SMILES string of the molecule is CCCOc1ccc(CN(CCC)C(=O)Cc2ccc(OC)cc2OC)cc1OCC. The van der Waals surface area contributed by atoms with E-state index in [0.717, 1.165) is 29.7 Å². The maximum Gasteiger partial charge on any atom is 0.227 e. The summed E-state index contributed by atoms with van der Waals surface area (Å²) in [6.45, 7) is 8.48. The summed E-state index contributed by atoms with van der Waals surface area (Å²) in [7, 11) is 3.21. The van der Waals surface area contributed by atoms with Crippen LogP contribution in [-0.2, 0) is 17.8 Å². The van der Waals surface area contributed by atoms with E-state index in [0.29, 0.717) is 43.6 Å². The molecule has 0 atom stereocenters. The number of carbonyl (C=O) groups is 1. The van der Waals surface area contributed by atoms with Crippen LogP contribution in [0.25, 0.3) is 0 Å². The summed E-state index contributed by atoms with van der Waals surface area (Å²) in [4.78, 5) is 15.0. The van der Waals surface area contributed by atoms with Gasteiger partial charge in [0, 0.05) is 24.7 Å².